The highest BCUT2D eigenvalue weighted by Crippen LogP contribution is 2.11. The smallest absolute Gasteiger partial charge is 0.333 e. The summed E-state index contributed by atoms with van der Waals surface area (Å²) < 4.78 is 5.23. The van der Waals surface area contributed by atoms with Crippen molar-refractivity contribution in [1.29, 1.82) is 0 Å². The van der Waals surface area contributed by atoms with Crippen LogP contribution in [0.3, 0.4) is 0 Å². The molecule has 5 heteroatoms. The lowest BCUT2D eigenvalue weighted by molar-refractivity contribution is -0.149. The largest absolute Gasteiger partial charge is 0.479 e. The molecule has 1 N–H and O–H groups in total. The second-order valence-electron chi connectivity index (χ2n) is 4.70. The van der Waals surface area contributed by atoms with Gasteiger partial charge < -0.3 is 14.7 Å². The molecule has 0 fully saturated rings. The molecule has 0 saturated carbocycles. The van der Waals surface area contributed by atoms with Crippen molar-refractivity contribution in [2.24, 2.45) is 5.16 Å². The normalized spacial score (nSPS) is 13.0. The number of ether oxygens (including phenoxy) is 1. The third kappa shape index (κ3) is 5.95. The number of carboxylic acid groups (broad SMARTS) is 1. The summed E-state index contributed by atoms with van der Waals surface area (Å²) in [7, 11) is 0. The van der Waals surface area contributed by atoms with Crippen LogP contribution < -0.4 is 0 Å². The zero-order chi connectivity index (χ0) is 15.7. The van der Waals surface area contributed by atoms with E-state index in [2.05, 4.69) is 5.16 Å². The van der Waals surface area contributed by atoms with E-state index in [4.69, 9.17) is 14.7 Å². The summed E-state index contributed by atoms with van der Waals surface area (Å²) >= 11 is 0. The zero-order valence-corrected chi connectivity index (χ0v) is 12.8. The van der Waals surface area contributed by atoms with Crippen molar-refractivity contribution in [1.82, 2.24) is 0 Å². The molecule has 1 atom stereocenters. The van der Waals surface area contributed by atoms with Gasteiger partial charge in [-0.3, -0.25) is 0 Å². The van der Waals surface area contributed by atoms with E-state index in [0.717, 1.165) is 23.3 Å². The van der Waals surface area contributed by atoms with E-state index in [1.807, 2.05) is 38.1 Å². The summed E-state index contributed by atoms with van der Waals surface area (Å²) in [5.41, 5.74) is 2.59. The van der Waals surface area contributed by atoms with Gasteiger partial charge in [-0.2, -0.15) is 0 Å². The first-order chi connectivity index (χ1) is 10.1. The van der Waals surface area contributed by atoms with Gasteiger partial charge >= 0.3 is 5.97 Å². The fraction of sp³-hybridized carbons (Fsp3) is 0.500. The third-order valence-electron chi connectivity index (χ3n) is 2.91. The Morgan fingerprint density at radius 1 is 1.38 bits per heavy atom. The summed E-state index contributed by atoms with van der Waals surface area (Å²) in [6, 6.07) is 7.62. The van der Waals surface area contributed by atoms with Crippen LogP contribution in [0.15, 0.2) is 29.4 Å². The molecule has 0 bridgehead atoms. The minimum Gasteiger partial charge on any atom is -0.479 e. The summed E-state index contributed by atoms with van der Waals surface area (Å²) in [5, 5.41) is 13.2. The number of aliphatic carboxylic acids is 1. The molecule has 0 aromatic heterocycles. The zero-order valence-electron chi connectivity index (χ0n) is 12.8. The van der Waals surface area contributed by atoms with E-state index in [9.17, 15) is 4.79 Å². The van der Waals surface area contributed by atoms with Crippen molar-refractivity contribution in [2.45, 2.75) is 39.7 Å². The maximum atomic E-state index is 11.1. The van der Waals surface area contributed by atoms with Gasteiger partial charge in [-0.15, -0.1) is 0 Å². The van der Waals surface area contributed by atoms with Gasteiger partial charge in [-0.25, -0.2) is 4.79 Å². The summed E-state index contributed by atoms with van der Waals surface area (Å²) in [6.07, 6.45) is 0.421. The van der Waals surface area contributed by atoms with Crippen LogP contribution in [0.1, 0.15) is 38.3 Å². The predicted molar refractivity (Wildman–Crippen MR) is 81.6 cm³/mol. The highest BCUT2D eigenvalue weighted by Gasteiger charge is 2.18. The molecule has 5 nitrogen and oxygen atoms in total. The molecule has 1 rings (SSSR count). The second kappa shape index (κ2) is 9.13. The number of carbonyl (C=O) groups is 1. The first-order valence-electron chi connectivity index (χ1n) is 7.18. The number of hydrogen-bond acceptors (Lipinski definition) is 4. The molecule has 1 aromatic rings. The third-order valence-corrected chi connectivity index (χ3v) is 2.91. The van der Waals surface area contributed by atoms with Gasteiger partial charge in [0.1, 0.15) is 6.61 Å². The number of rotatable bonds is 9. The summed E-state index contributed by atoms with van der Waals surface area (Å²) in [4.78, 5) is 16.3. The van der Waals surface area contributed by atoms with E-state index in [1.165, 1.54) is 0 Å². The maximum Gasteiger partial charge on any atom is 0.333 e. The van der Waals surface area contributed by atoms with Crippen LogP contribution >= 0.6 is 0 Å². The Morgan fingerprint density at radius 3 is 2.76 bits per heavy atom. The summed E-state index contributed by atoms with van der Waals surface area (Å²) in [6.45, 7) is 6.63. The lowest BCUT2D eigenvalue weighted by Gasteiger charge is -2.13. The Bertz CT molecular complexity index is 485. The molecule has 0 aliphatic rings. The number of carboxylic acids is 1. The van der Waals surface area contributed by atoms with Crippen LogP contribution in [0.5, 0.6) is 0 Å². The van der Waals surface area contributed by atoms with Crippen molar-refractivity contribution in [2.75, 3.05) is 13.2 Å². The molecule has 0 aliphatic heterocycles. The van der Waals surface area contributed by atoms with Crippen LogP contribution in [0, 0.1) is 0 Å². The van der Waals surface area contributed by atoms with Crippen molar-refractivity contribution >= 4 is 11.7 Å². The molecule has 0 spiro atoms. The van der Waals surface area contributed by atoms with Crippen molar-refractivity contribution < 1.29 is 19.5 Å². The standard InChI is InChI=1S/C16H23NO4/c1-4-9-21-17-12(3)14-8-6-7-13(10-14)11-15(16(18)19)20-5-2/h6-8,10,15H,4-5,9,11H2,1-3H3,(H,18,19)/b17-12+/t15-/m1/s1. The van der Waals surface area contributed by atoms with Crippen molar-refractivity contribution in [3.63, 3.8) is 0 Å². The van der Waals surface area contributed by atoms with Gasteiger partial charge in [-0.05, 0) is 37.5 Å². The van der Waals surface area contributed by atoms with Gasteiger partial charge in [-0.1, -0.05) is 30.3 Å². The Balaban J connectivity index is 2.79. The van der Waals surface area contributed by atoms with Gasteiger partial charge in [0, 0.05) is 13.0 Å². The molecular weight excluding hydrogens is 270 g/mol. The van der Waals surface area contributed by atoms with Crippen LogP contribution in [-0.4, -0.2) is 36.1 Å². The van der Waals surface area contributed by atoms with Gasteiger partial charge in [0.25, 0.3) is 0 Å². The highest BCUT2D eigenvalue weighted by molar-refractivity contribution is 5.98. The maximum absolute atomic E-state index is 11.1. The molecule has 21 heavy (non-hydrogen) atoms. The fourth-order valence-electron chi connectivity index (χ4n) is 1.84. The minimum absolute atomic E-state index is 0.333. The average Bonchev–Trinajstić information content (AvgIpc) is 2.47. The topological polar surface area (TPSA) is 68.1 Å². The van der Waals surface area contributed by atoms with Crippen LogP contribution in [-0.2, 0) is 20.8 Å². The minimum atomic E-state index is -0.945. The summed E-state index contributed by atoms with van der Waals surface area (Å²) in [5.74, 6) is -0.945. The van der Waals surface area contributed by atoms with Gasteiger partial charge in [0.05, 0.1) is 5.71 Å². The average molecular weight is 293 g/mol. The van der Waals surface area contributed by atoms with E-state index < -0.39 is 12.1 Å². The number of oxime groups is 1. The lowest BCUT2D eigenvalue weighted by Crippen LogP contribution is -2.26. The van der Waals surface area contributed by atoms with E-state index in [1.54, 1.807) is 6.92 Å². The lowest BCUT2D eigenvalue weighted by atomic mass is 10.0. The van der Waals surface area contributed by atoms with Gasteiger partial charge in [0.2, 0.25) is 0 Å². The molecule has 116 valence electrons. The molecule has 0 heterocycles. The number of hydrogen-bond donors (Lipinski definition) is 1. The monoisotopic (exact) mass is 293 g/mol. The Labute approximate surface area is 125 Å². The first kappa shape index (κ1) is 17.2. The quantitative estimate of drug-likeness (QED) is 0.432. The molecule has 1 aromatic carbocycles. The number of benzene rings is 1. The first-order valence-corrected chi connectivity index (χ1v) is 7.18. The molecular formula is C16H23NO4. The molecule has 0 unspecified atom stereocenters. The van der Waals surface area contributed by atoms with Crippen LogP contribution in [0.25, 0.3) is 0 Å². The van der Waals surface area contributed by atoms with Crippen molar-refractivity contribution in [3.05, 3.63) is 35.4 Å². The Morgan fingerprint density at radius 2 is 2.14 bits per heavy atom. The predicted octanol–water partition coefficient (Wildman–Crippen LogP) is 2.87. The second-order valence-corrected chi connectivity index (χ2v) is 4.70. The van der Waals surface area contributed by atoms with E-state index in [-0.39, 0.29) is 0 Å². The van der Waals surface area contributed by atoms with Gasteiger partial charge in [0.15, 0.2) is 6.10 Å². The Kier molecular flexibility index (Phi) is 7.46. The fourth-order valence-corrected chi connectivity index (χ4v) is 1.84. The molecule has 0 aliphatic carbocycles. The Hall–Kier alpha value is -1.88. The molecule has 0 radical (unpaired) electrons. The highest BCUT2D eigenvalue weighted by atomic mass is 16.6. The van der Waals surface area contributed by atoms with Crippen LogP contribution in [0.4, 0.5) is 0 Å². The molecule has 0 amide bonds. The number of nitrogens with zero attached hydrogens (tertiary/aromatic N) is 1. The SMILES string of the molecule is CCCO/N=C(\C)c1cccc(C[C@@H](OCC)C(=O)O)c1. The van der Waals surface area contributed by atoms with Crippen molar-refractivity contribution in [3.8, 4) is 0 Å². The van der Waals surface area contributed by atoms with E-state index >= 15 is 0 Å². The molecule has 0 saturated heterocycles. The van der Waals surface area contributed by atoms with Crippen LogP contribution in [0.2, 0.25) is 0 Å². The van der Waals surface area contributed by atoms with E-state index in [0.29, 0.717) is 19.6 Å².